The van der Waals surface area contributed by atoms with Crippen molar-refractivity contribution in [1.82, 2.24) is 20.5 Å². The van der Waals surface area contributed by atoms with Crippen molar-refractivity contribution >= 4 is 0 Å². The van der Waals surface area contributed by atoms with Crippen LogP contribution in [0.4, 0.5) is 0 Å². The first-order valence-electron chi connectivity index (χ1n) is 6.64. The maximum absolute atomic E-state index is 5.49. The fraction of sp³-hybridized carbons (Fsp3) is 0.833. The van der Waals surface area contributed by atoms with Gasteiger partial charge in [0.1, 0.15) is 5.82 Å². The number of aromatic amines is 1. The fourth-order valence-corrected chi connectivity index (χ4v) is 2.68. The van der Waals surface area contributed by atoms with Gasteiger partial charge in [-0.15, -0.1) is 0 Å². The molecule has 1 aromatic rings. The van der Waals surface area contributed by atoms with Crippen molar-refractivity contribution in [2.45, 2.75) is 37.5 Å². The second kappa shape index (κ2) is 5.14. The Balaban J connectivity index is 1.68. The topological polar surface area (TPSA) is 62.8 Å². The Kier molecular flexibility index (Phi) is 3.38. The molecule has 0 bridgehead atoms. The van der Waals surface area contributed by atoms with Crippen LogP contribution in [0, 0.1) is 0 Å². The Bertz CT molecular complexity index is 321. The molecule has 0 spiro atoms. The van der Waals surface area contributed by atoms with Crippen LogP contribution in [0.3, 0.4) is 0 Å². The van der Waals surface area contributed by atoms with E-state index in [-0.39, 0.29) is 0 Å². The van der Waals surface area contributed by atoms with Crippen LogP contribution in [-0.2, 0) is 4.74 Å². The first-order chi connectivity index (χ1) is 8.43. The number of nitrogens with zero attached hydrogens (tertiary/aromatic N) is 2. The number of ether oxygens (including phenoxy) is 1. The summed E-state index contributed by atoms with van der Waals surface area (Å²) >= 11 is 0. The summed E-state index contributed by atoms with van der Waals surface area (Å²) in [7, 11) is 0. The number of piperidine rings is 1. The third kappa shape index (κ3) is 2.50. The summed E-state index contributed by atoms with van der Waals surface area (Å²) in [6.07, 6.45) is 4.72. The van der Waals surface area contributed by atoms with Gasteiger partial charge in [0.2, 0.25) is 0 Å². The number of aromatic nitrogens is 3. The molecule has 17 heavy (non-hydrogen) atoms. The molecular formula is C12H20N4O. The van der Waals surface area contributed by atoms with Crippen LogP contribution in [0.2, 0.25) is 0 Å². The third-order valence-electron chi connectivity index (χ3n) is 3.73. The molecule has 2 aliphatic rings. The SMILES string of the molecule is C1COCC(c2n[nH]c(C3CCCNC3)n2)C1. The largest absolute Gasteiger partial charge is 0.381 e. The highest BCUT2D eigenvalue weighted by Gasteiger charge is 2.23. The maximum atomic E-state index is 5.49. The van der Waals surface area contributed by atoms with Crippen molar-refractivity contribution in [2.75, 3.05) is 26.3 Å². The molecule has 1 aromatic heterocycles. The third-order valence-corrected chi connectivity index (χ3v) is 3.73. The van der Waals surface area contributed by atoms with Gasteiger partial charge >= 0.3 is 0 Å². The summed E-state index contributed by atoms with van der Waals surface area (Å²) in [5.41, 5.74) is 0. The molecule has 0 radical (unpaired) electrons. The van der Waals surface area contributed by atoms with Crippen LogP contribution in [0.25, 0.3) is 0 Å². The lowest BCUT2D eigenvalue weighted by molar-refractivity contribution is 0.0781. The first-order valence-corrected chi connectivity index (χ1v) is 6.64. The molecule has 2 N–H and O–H groups in total. The van der Waals surface area contributed by atoms with E-state index >= 15 is 0 Å². The van der Waals surface area contributed by atoms with E-state index in [1.807, 2.05) is 0 Å². The number of hydrogen-bond acceptors (Lipinski definition) is 4. The minimum atomic E-state index is 0.394. The first kappa shape index (κ1) is 11.2. The number of rotatable bonds is 2. The molecule has 0 aliphatic carbocycles. The molecular weight excluding hydrogens is 216 g/mol. The van der Waals surface area contributed by atoms with Gasteiger partial charge in [-0.1, -0.05) is 0 Å². The normalized spacial score (nSPS) is 30.4. The second-order valence-corrected chi connectivity index (χ2v) is 5.04. The molecule has 2 aliphatic heterocycles. The van der Waals surface area contributed by atoms with Gasteiger partial charge in [0, 0.05) is 25.0 Å². The second-order valence-electron chi connectivity index (χ2n) is 5.04. The molecule has 2 atom stereocenters. The van der Waals surface area contributed by atoms with Gasteiger partial charge in [-0.3, -0.25) is 5.10 Å². The van der Waals surface area contributed by atoms with E-state index in [4.69, 9.17) is 4.74 Å². The van der Waals surface area contributed by atoms with E-state index in [1.165, 1.54) is 12.8 Å². The monoisotopic (exact) mass is 236 g/mol. The van der Waals surface area contributed by atoms with Crippen molar-refractivity contribution in [3.63, 3.8) is 0 Å². The zero-order valence-electron chi connectivity index (χ0n) is 10.1. The van der Waals surface area contributed by atoms with Gasteiger partial charge in [0.25, 0.3) is 0 Å². The lowest BCUT2D eigenvalue weighted by atomic mass is 9.99. The summed E-state index contributed by atoms with van der Waals surface area (Å²) < 4.78 is 5.49. The van der Waals surface area contributed by atoms with Crippen LogP contribution in [0.5, 0.6) is 0 Å². The van der Waals surface area contributed by atoms with Crippen molar-refractivity contribution < 1.29 is 4.74 Å². The summed E-state index contributed by atoms with van der Waals surface area (Å²) in [6, 6.07) is 0. The molecule has 0 amide bonds. The maximum Gasteiger partial charge on any atom is 0.156 e. The molecule has 2 saturated heterocycles. The molecule has 3 rings (SSSR count). The summed E-state index contributed by atoms with van der Waals surface area (Å²) in [4.78, 5) is 4.67. The van der Waals surface area contributed by atoms with Gasteiger partial charge in [0.15, 0.2) is 5.82 Å². The van der Waals surface area contributed by atoms with Gasteiger partial charge in [-0.05, 0) is 32.2 Å². The van der Waals surface area contributed by atoms with Gasteiger partial charge < -0.3 is 10.1 Å². The number of hydrogen-bond donors (Lipinski definition) is 2. The van der Waals surface area contributed by atoms with E-state index in [0.717, 1.165) is 50.8 Å². The highest BCUT2D eigenvalue weighted by atomic mass is 16.5. The van der Waals surface area contributed by atoms with Crippen molar-refractivity contribution in [2.24, 2.45) is 0 Å². The Hall–Kier alpha value is -0.940. The molecule has 0 saturated carbocycles. The van der Waals surface area contributed by atoms with Crippen LogP contribution in [0.1, 0.15) is 49.2 Å². The summed E-state index contributed by atoms with van der Waals surface area (Å²) in [6.45, 7) is 3.82. The van der Waals surface area contributed by atoms with E-state index < -0.39 is 0 Å². The molecule has 2 fully saturated rings. The smallest absolute Gasteiger partial charge is 0.156 e. The molecule has 0 aromatic carbocycles. The number of H-pyrrole nitrogens is 1. The zero-order chi connectivity index (χ0) is 11.5. The Morgan fingerprint density at radius 3 is 2.88 bits per heavy atom. The molecule has 94 valence electrons. The van der Waals surface area contributed by atoms with Crippen LogP contribution < -0.4 is 5.32 Å². The van der Waals surface area contributed by atoms with Crippen LogP contribution in [-0.4, -0.2) is 41.5 Å². The minimum absolute atomic E-state index is 0.394. The zero-order valence-corrected chi connectivity index (χ0v) is 10.1. The summed E-state index contributed by atoms with van der Waals surface area (Å²) in [5.74, 6) is 2.91. The van der Waals surface area contributed by atoms with Crippen LogP contribution >= 0.6 is 0 Å². The predicted octanol–water partition coefficient (Wildman–Crippen LogP) is 1.17. The Labute approximate surface area is 101 Å². The van der Waals surface area contributed by atoms with E-state index in [0.29, 0.717) is 11.8 Å². The lowest BCUT2D eigenvalue weighted by Crippen LogP contribution is -2.29. The van der Waals surface area contributed by atoms with Gasteiger partial charge in [-0.25, -0.2) is 4.98 Å². The highest BCUT2D eigenvalue weighted by Crippen LogP contribution is 2.25. The Morgan fingerprint density at radius 2 is 2.12 bits per heavy atom. The van der Waals surface area contributed by atoms with E-state index in [2.05, 4.69) is 20.5 Å². The average molecular weight is 236 g/mol. The van der Waals surface area contributed by atoms with Gasteiger partial charge in [-0.2, -0.15) is 5.10 Å². The van der Waals surface area contributed by atoms with E-state index in [9.17, 15) is 0 Å². The molecule has 5 heteroatoms. The van der Waals surface area contributed by atoms with Crippen molar-refractivity contribution in [3.05, 3.63) is 11.6 Å². The average Bonchev–Trinajstić information content (AvgIpc) is 2.90. The van der Waals surface area contributed by atoms with E-state index in [1.54, 1.807) is 0 Å². The molecule has 2 unspecified atom stereocenters. The van der Waals surface area contributed by atoms with Gasteiger partial charge in [0.05, 0.1) is 6.61 Å². The lowest BCUT2D eigenvalue weighted by Gasteiger charge is -2.20. The highest BCUT2D eigenvalue weighted by molar-refractivity contribution is 5.04. The van der Waals surface area contributed by atoms with Crippen molar-refractivity contribution in [3.8, 4) is 0 Å². The van der Waals surface area contributed by atoms with Crippen molar-refractivity contribution in [1.29, 1.82) is 0 Å². The standard InChI is InChI=1S/C12H20N4O/c1-3-9(7-13-5-1)11-14-12(16-15-11)10-4-2-6-17-8-10/h9-10,13H,1-8H2,(H,14,15,16). The predicted molar refractivity (Wildman–Crippen MR) is 64.0 cm³/mol. The number of nitrogens with one attached hydrogen (secondary N) is 2. The molecule has 3 heterocycles. The Morgan fingerprint density at radius 1 is 1.18 bits per heavy atom. The van der Waals surface area contributed by atoms with Crippen LogP contribution in [0.15, 0.2) is 0 Å². The molecule has 5 nitrogen and oxygen atoms in total. The minimum Gasteiger partial charge on any atom is -0.381 e. The fourth-order valence-electron chi connectivity index (χ4n) is 2.68. The summed E-state index contributed by atoms with van der Waals surface area (Å²) in [5, 5.41) is 10.9. The quantitative estimate of drug-likeness (QED) is 0.809.